The molecule has 1 atom stereocenters. The molecule has 7 nitrogen and oxygen atoms in total. The van der Waals surface area contributed by atoms with Gasteiger partial charge in [0.25, 0.3) is 0 Å². The molecular weight excluding hydrogens is 388 g/mol. The van der Waals surface area contributed by atoms with Crippen LogP contribution in [0, 0.1) is 28.6 Å². The molecule has 0 aliphatic carbocycles. The minimum Gasteiger partial charge on any atom is -0.488 e. The number of nitrogens with two attached hydrogens (primary N) is 1. The van der Waals surface area contributed by atoms with E-state index in [-0.39, 0.29) is 17.5 Å². The van der Waals surface area contributed by atoms with Crippen molar-refractivity contribution in [3.63, 3.8) is 0 Å². The van der Waals surface area contributed by atoms with E-state index < -0.39 is 0 Å². The molecule has 148 valence electrons. The Hall–Kier alpha value is -2.78. The number of ether oxygens (including phenoxy) is 3. The maximum Gasteiger partial charge on any atom is 0.143 e. The highest BCUT2D eigenvalue weighted by Crippen LogP contribution is 2.37. The smallest absolute Gasteiger partial charge is 0.143 e. The highest BCUT2D eigenvalue weighted by Gasteiger charge is 2.24. The van der Waals surface area contributed by atoms with Gasteiger partial charge in [-0.1, -0.05) is 12.1 Å². The molecule has 0 radical (unpaired) electrons. The summed E-state index contributed by atoms with van der Waals surface area (Å²) in [6.07, 6.45) is 0.923. The summed E-state index contributed by atoms with van der Waals surface area (Å²) in [5.74, 6) is 2.10. The summed E-state index contributed by atoms with van der Waals surface area (Å²) in [4.78, 5) is 4.33. The Bertz CT molecular complexity index is 971. The number of nitrogens with zero attached hydrogens (tertiary/aromatic N) is 3. The van der Waals surface area contributed by atoms with E-state index in [1.807, 2.05) is 24.3 Å². The SMILES string of the molecule is N#Cc1c(N)nc(SCC2COC2)c(C#N)c1-c1ccc(OC2CCOC2)cc1. The van der Waals surface area contributed by atoms with Crippen molar-refractivity contribution in [2.24, 2.45) is 5.92 Å². The molecule has 8 heteroatoms. The van der Waals surface area contributed by atoms with Crippen LogP contribution in [-0.4, -0.2) is 43.3 Å². The van der Waals surface area contributed by atoms with Gasteiger partial charge in [-0.3, -0.25) is 0 Å². The molecule has 0 saturated carbocycles. The maximum absolute atomic E-state index is 9.84. The number of benzene rings is 1. The zero-order chi connectivity index (χ0) is 20.2. The van der Waals surface area contributed by atoms with Crippen LogP contribution in [-0.2, 0) is 9.47 Å². The van der Waals surface area contributed by atoms with E-state index in [0.717, 1.165) is 36.7 Å². The van der Waals surface area contributed by atoms with Crippen LogP contribution < -0.4 is 10.5 Å². The average Bonchev–Trinajstić information content (AvgIpc) is 3.20. The van der Waals surface area contributed by atoms with Gasteiger partial charge in [0.05, 0.1) is 32.0 Å². The van der Waals surface area contributed by atoms with Gasteiger partial charge in [-0.25, -0.2) is 4.98 Å². The normalized spacial score (nSPS) is 18.6. The third kappa shape index (κ3) is 4.15. The van der Waals surface area contributed by atoms with Crippen LogP contribution in [0.25, 0.3) is 11.1 Å². The Morgan fingerprint density at radius 1 is 1.10 bits per heavy atom. The van der Waals surface area contributed by atoms with E-state index >= 15 is 0 Å². The largest absolute Gasteiger partial charge is 0.488 e. The molecule has 29 heavy (non-hydrogen) atoms. The van der Waals surface area contributed by atoms with E-state index in [0.29, 0.717) is 35.3 Å². The van der Waals surface area contributed by atoms with Crippen LogP contribution in [0.4, 0.5) is 5.82 Å². The van der Waals surface area contributed by atoms with E-state index in [1.165, 1.54) is 11.8 Å². The summed E-state index contributed by atoms with van der Waals surface area (Å²) in [6.45, 7) is 2.75. The lowest BCUT2D eigenvalue weighted by molar-refractivity contribution is -0.0196. The number of pyridine rings is 1. The van der Waals surface area contributed by atoms with Crippen LogP contribution in [0.3, 0.4) is 0 Å². The second-order valence-corrected chi connectivity index (χ2v) is 8.00. The molecule has 0 spiro atoms. The Morgan fingerprint density at radius 3 is 2.45 bits per heavy atom. The third-order valence-electron chi connectivity index (χ3n) is 4.91. The van der Waals surface area contributed by atoms with E-state index in [1.54, 1.807) is 0 Å². The summed E-state index contributed by atoms with van der Waals surface area (Å²) in [5.41, 5.74) is 7.91. The van der Waals surface area contributed by atoms with Crippen LogP contribution in [0.1, 0.15) is 17.5 Å². The van der Waals surface area contributed by atoms with Gasteiger partial charge in [-0.05, 0) is 17.7 Å². The summed E-state index contributed by atoms with van der Waals surface area (Å²) >= 11 is 1.48. The van der Waals surface area contributed by atoms with Crippen molar-refractivity contribution in [1.29, 1.82) is 10.5 Å². The first-order valence-electron chi connectivity index (χ1n) is 9.38. The highest BCUT2D eigenvalue weighted by molar-refractivity contribution is 7.99. The lowest BCUT2D eigenvalue weighted by Gasteiger charge is -2.25. The quantitative estimate of drug-likeness (QED) is 0.726. The van der Waals surface area contributed by atoms with Crippen LogP contribution in [0.5, 0.6) is 5.75 Å². The Labute approximate surface area is 173 Å². The van der Waals surface area contributed by atoms with Gasteiger partial charge >= 0.3 is 0 Å². The molecule has 1 unspecified atom stereocenters. The van der Waals surface area contributed by atoms with Crippen molar-refractivity contribution in [2.45, 2.75) is 17.6 Å². The lowest BCUT2D eigenvalue weighted by atomic mass is 9.97. The van der Waals surface area contributed by atoms with Crippen molar-refractivity contribution in [1.82, 2.24) is 4.98 Å². The highest BCUT2D eigenvalue weighted by atomic mass is 32.2. The van der Waals surface area contributed by atoms with Crippen LogP contribution >= 0.6 is 11.8 Å². The van der Waals surface area contributed by atoms with E-state index in [9.17, 15) is 10.5 Å². The van der Waals surface area contributed by atoms with E-state index in [2.05, 4.69) is 17.1 Å². The number of aromatic nitrogens is 1. The molecule has 2 aliphatic rings. The Morgan fingerprint density at radius 2 is 1.86 bits per heavy atom. The predicted octanol–water partition coefficient (Wildman–Crippen LogP) is 2.98. The van der Waals surface area contributed by atoms with E-state index in [4.69, 9.17) is 19.9 Å². The van der Waals surface area contributed by atoms with Crippen molar-refractivity contribution < 1.29 is 14.2 Å². The summed E-state index contributed by atoms with van der Waals surface area (Å²) in [7, 11) is 0. The first-order valence-corrected chi connectivity index (χ1v) is 10.4. The second kappa shape index (κ2) is 8.71. The molecular formula is C21H20N4O3S. The van der Waals surface area contributed by atoms with Crippen molar-refractivity contribution in [2.75, 3.05) is 37.9 Å². The van der Waals surface area contributed by atoms with Crippen LogP contribution in [0.15, 0.2) is 29.3 Å². The van der Waals surface area contributed by atoms with Gasteiger partial charge in [-0.2, -0.15) is 10.5 Å². The molecule has 4 rings (SSSR count). The third-order valence-corrected chi connectivity index (χ3v) is 6.12. The number of nitriles is 2. The van der Waals surface area contributed by atoms with Gasteiger partial charge in [0.1, 0.15) is 40.4 Å². The van der Waals surface area contributed by atoms with Gasteiger partial charge in [0.2, 0.25) is 0 Å². The molecule has 0 bridgehead atoms. The monoisotopic (exact) mass is 408 g/mol. The summed E-state index contributed by atoms with van der Waals surface area (Å²) in [5, 5.41) is 20.0. The molecule has 2 aliphatic heterocycles. The van der Waals surface area contributed by atoms with Crippen LogP contribution in [0.2, 0.25) is 0 Å². The molecule has 0 amide bonds. The summed E-state index contributed by atoms with van der Waals surface area (Å²) < 4.78 is 16.4. The second-order valence-electron chi connectivity index (χ2n) is 6.99. The molecule has 3 heterocycles. The van der Waals surface area contributed by atoms with Crippen molar-refractivity contribution in [3.05, 3.63) is 35.4 Å². The standard InChI is InChI=1S/C21H20N4O3S/c22-7-17-19(14-1-3-15(4-2-14)28-16-5-6-26-11-16)18(8-23)21(25-20(17)24)29-12-13-9-27-10-13/h1-4,13,16H,5-6,9-12H2,(H2,24,25). The fourth-order valence-corrected chi connectivity index (χ4v) is 4.31. The number of hydrogen-bond acceptors (Lipinski definition) is 8. The predicted molar refractivity (Wildman–Crippen MR) is 108 cm³/mol. The lowest BCUT2D eigenvalue weighted by Crippen LogP contribution is -2.29. The average molecular weight is 408 g/mol. The molecule has 2 N–H and O–H groups in total. The van der Waals surface area contributed by atoms with Crippen molar-refractivity contribution in [3.8, 4) is 29.0 Å². The molecule has 2 fully saturated rings. The number of hydrogen-bond donors (Lipinski definition) is 1. The molecule has 1 aromatic heterocycles. The molecule has 2 aromatic rings. The van der Waals surface area contributed by atoms with Gasteiger partial charge in [0.15, 0.2) is 0 Å². The Kier molecular flexibility index (Phi) is 5.86. The summed E-state index contributed by atoms with van der Waals surface area (Å²) in [6, 6.07) is 11.7. The zero-order valence-corrected chi connectivity index (χ0v) is 16.6. The number of nitrogen functional groups attached to an aromatic ring is 1. The van der Waals surface area contributed by atoms with Gasteiger partial charge < -0.3 is 19.9 Å². The van der Waals surface area contributed by atoms with Gasteiger partial charge in [-0.15, -0.1) is 11.8 Å². The van der Waals surface area contributed by atoms with Crippen molar-refractivity contribution >= 4 is 17.6 Å². The fraction of sp³-hybridized carbons (Fsp3) is 0.381. The van der Waals surface area contributed by atoms with Gasteiger partial charge in [0, 0.05) is 23.7 Å². The molecule has 1 aromatic carbocycles. The maximum atomic E-state index is 9.84. The minimum atomic E-state index is 0.0558. The number of anilines is 1. The topological polar surface area (TPSA) is 114 Å². The fourth-order valence-electron chi connectivity index (χ4n) is 3.27. The molecule has 2 saturated heterocycles. The first kappa shape index (κ1) is 19.5. The first-order chi connectivity index (χ1) is 14.2. The zero-order valence-electron chi connectivity index (χ0n) is 15.8. The minimum absolute atomic E-state index is 0.0558. The number of thioether (sulfide) groups is 1. The Balaban J connectivity index is 1.66. The number of rotatable bonds is 6.